The van der Waals surface area contributed by atoms with Gasteiger partial charge in [0, 0.05) is 32.4 Å². The first kappa shape index (κ1) is 18.6. The van der Waals surface area contributed by atoms with E-state index in [1.54, 1.807) is 20.9 Å². The lowest BCUT2D eigenvalue weighted by Gasteiger charge is -2.20. The number of hydrogen-bond donors (Lipinski definition) is 1. The number of para-hydroxylation sites is 1. The van der Waals surface area contributed by atoms with Gasteiger partial charge in [-0.05, 0) is 19.1 Å². The summed E-state index contributed by atoms with van der Waals surface area (Å²) in [5.74, 6) is -2.56. The Morgan fingerprint density at radius 1 is 1.32 bits per heavy atom. The first-order valence-corrected chi connectivity index (χ1v) is 7.74. The maximum Gasteiger partial charge on any atom is 0.274 e. The van der Waals surface area contributed by atoms with E-state index < -0.39 is 23.5 Å². The smallest absolute Gasteiger partial charge is 0.274 e. The van der Waals surface area contributed by atoms with Crippen molar-refractivity contribution in [3.63, 3.8) is 0 Å². The van der Waals surface area contributed by atoms with Gasteiger partial charge >= 0.3 is 0 Å². The van der Waals surface area contributed by atoms with E-state index in [2.05, 4.69) is 10.4 Å². The van der Waals surface area contributed by atoms with E-state index in [0.29, 0.717) is 5.56 Å². The first-order chi connectivity index (χ1) is 11.8. The summed E-state index contributed by atoms with van der Waals surface area (Å²) in [6.45, 7) is 3.52. The minimum absolute atomic E-state index is 0.0780. The molecule has 1 aromatic heterocycles. The molecule has 1 atom stereocenters. The number of carbonyl (C=O) groups excluding carboxylic acids is 2. The van der Waals surface area contributed by atoms with Crippen molar-refractivity contribution in [3.8, 4) is 5.69 Å². The summed E-state index contributed by atoms with van der Waals surface area (Å²) >= 11 is 0. The van der Waals surface area contributed by atoms with E-state index in [9.17, 15) is 18.4 Å². The molecular formula is C17H20F2N4O2. The fourth-order valence-corrected chi connectivity index (χ4v) is 2.50. The average molecular weight is 350 g/mol. The predicted octanol–water partition coefficient (Wildman–Crippen LogP) is 1.91. The third-order valence-electron chi connectivity index (χ3n) is 3.85. The molecule has 0 radical (unpaired) electrons. The second-order valence-electron chi connectivity index (χ2n) is 5.88. The Hall–Kier alpha value is -2.77. The van der Waals surface area contributed by atoms with E-state index in [4.69, 9.17) is 0 Å². The molecule has 1 unspecified atom stereocenters. The fraction of sp³-hybridized carbons (Fsp3) is 0.353. The van der Waals surface area contributed by atoms with Crippen molar-refractivity contribution < 1.29 is 18.4 Å². The third kappa shape index (κ3) is 3.84. The van der Waals surface area contributed by atoms with E-state index in [0.717, 1.165) is 16.8 Å². The number of amides is 2. The molecule has 134 valence electrons. The highest BCUT2D eigenvalue weighted by atomic mass is 19.1. The van der Waals surface area contributed by atoms with Crippen molar-refractivity contribution in [3.05, 3.63) is 47.3 Å². The lowest BCUT2D eigenvalue weighted by molar-refractivity contribution is -0.124. The zero-order chi connectivity index (χ0) is 18.7. The minimum Gasteiger partial charge on any atom is -0.359 e. The quantitative estimate of drug-likeness (QED) is 0.896. The molecule has 1 heterocycles. The average Bonchev–Trinajstić information content (AvgIpc) is 2.94. The van der Waals surface area contributed by atoms with Gasteiger partial charge in [0.2, 0.25) is 5.91 Å². The Morgan fingerprint density at radius 2 is 1.92 bits per heavy atom. The van der Waals surface area contributed by atoms with Crippen LogP contribution >= 0.6 is 0 Å². The Kier molecular flexibility index (Phi) is 5.51. The molecule has 1 N–H and O–H groups in total. The molecule has 6 nitrogen and oxygen atoms in total. The van der Waals surface area contributed by atoms with E-state index in [1.807, 2.05) is 0 Å². The SMILES string of the molecule is CNC(=O)C(C)CN(C)C(=O)c1nn(-c2c(F)cccc2F)cc1C. The van der Waals surface area contributed by atoms with Crippen LogP contribution in [0.4, 0.5) is 8.78 Å². The van der Waals surface area contributed by atoms with Crippen LogP contribution in [0.1, 0.15) is 23.0 Å². The van der Waals surface area contributed by atoms with Gasteiger partial charge in [0.15, 0.2) is 17.3 Å². The lowest BCUT2D eigenvalue weighted by Crippen LogP contribution is -2.37. The number of rotatable bonds is 5. The lowest BCUT2D eigenvalue weighted by atomic mass is 10.1. The van der Waals surface area contributed by atoms with Crippen LogP contribution in [0.15, 0.2) is 24.4 Å². The normalized spacial score (nSPS) is 11.9. The van der Waals surface area contributed by atoms with Crippen molar-refractivity contribution in [1.29, 1.82) is 0 Å². The molecule has 0 aliphatic carbocycles. The van der Waals surface area contributed by atoms with Crippen molar-refractivity contribution in [1.82, 2.24) is 20.0 Å². The van der Waals surface area contributed by atoms with Crippen LogP contribution in [0, 0.1) is 24.5 Å². The molecule has 0 spiro atoms. The van der Waals surface area contributed by atoms with Gasteiger partial charge in [-0.3, -0.25) is 9.59 Å². The fourth-order valence-electron chi connectivity index (χ4n) is 2.50. The number of nitrogens with one attached hydrogen (secondary N) is 1. The summed E-state index contributed by atoms with van der Waals surface area (Å²) < 4.78 is 28.8. The highest BCUT2D eigenvalue weighted by molar-refractivity contribution is 5.93. The van der Waals surface area contributed by atoms with Crippen LogP contribution in [-0.2, 0) is 4.79 Å². The molecule has 0 aliphatic rings. The molecule has 0 saturated carbocycles. The topological polar surface area (TPSA) is 67.2 Å². The highest BCUT2D eigenvalue weighted by Gasteiger charge is 2.23. The van der Waals surface area contributed by atoms with Crippen LogP contribution in [0.3, 0.4) is 0 Å². The largest absolute Gasteiger partial charge is 0.359 e. The van der Waals surface area contributed by atoms with Gasteiger partial charge in [-0.15, -0.1) is 0 Å². The molecule has 2 amide bonds. The molecule has 0 fully saturated rings. The maximum atomic E-state index is 13.9. The van der Waals surface area contributed by atoms with E-state index >= 15 is 0 Å². The number of halogens is 2. The van der Waals surface area contributed by atoms with Crippen LogP contribution in [0.5, 0.6) is 0 Å². The second-order valence-corrected chi connectivity index (χ2v) is 5.88. The molecule has 8 heteroatoms. The van der Waals surface area contributed by atoms with Crippen LogP contribution in [0.2, 0.25) is 0 Å². The van der Waals surface area contributed by atoms with E-state index in [-0.39, 0.29) is 23.8 Å². The molecule has 1 aromatic carbocycles. The Balaban J connectivity index is 2.28. The summed E-state index contributed by atoms with van der Waals surface area (Å²) in [5, 5.41) is 6.56. The molecule has 2 aromatic rings. The zero-order valence-corrected chi connectivity index (χ0v) is 14.5. The number of nitrogens with zero attached hydrogens (tertiary/aromatic N) is 3. The summed E-state index contributed by atoms with van der Waals surface area (Å²) in [6, 6.07) is 3.49. The molecule has 0 bridgehead atoms. The number of aryl methyl sites for hydroxylation is 1. The van der Waals surface area contributed by atoms with Gasteiger partial charge in [0.1, 0.15) is 5.69 Å². The second kappa shape index (κ2) is 7.42. The van der Waals surface area contributed by atoms with Crippen molar-refractivity contribution in [2.75, 3.05) is 20.6 Å². The summed E-state index contributed by atoms with van der Waals surface area (Å²) in [5.41, 5.74) is 0.215. The molecule has 25 heavy (non-hydrogen) atoms. The number of carbonyl (C=O) groups is 2. The van der Waals surface area contributed by atoms with Crippen molar-refractivity contribution in [2.45, 2.75) is 13.8 Å². The molecule has 0 aliphatic heterocycles. The Morgan fingerprint density at radius 3 is 2.48 bits per heavy atom. The van der Waals surface area contributed by atoms with Gasteiger partial charge in [-0.1, -0.05) is 13.0 Å². The zero-order valence-electron chi connectivity index (χ0n) is 14.5. The van der Waals surface area contributed by atoms with Crippen molar-refractivity contribution >= 4 is 11.8 Å². The van der Waals surface area contributed by atoms with Gasteiger partial charge in [0.25, 0.3) is 5.91 Å². The maximum absolute atomic E-state index is 13.9. The number of hydrogen-bond acceptors (Lipinski definition) is 3. The van der Waals surface area contributed by atoms with Gasteiger partial charge in [-0.25, -0.2) is 13.5 Å². The Labute approximate surface area is 144 Å². The van der Waals surface area contributed by atoms with Gasteiger partial charge in [0.05, 0.1) is 5.92 Å². The standard InChI is InChI=1S/C17H20F2N4O2/c1-10-9-23(15-12(18)6-5-7-13(15)19)21-14(10)17(25)22(4)8-11(2)16(24)20-3/h5-7,9,11H,8H2,1-4H3,(H,20,24). The number of aromatic nitrogens is 2. The Bertz CT molecular complexity index is 784. The van der Waals surface area contributed by atoms with Gasteiger partial charge in [-0.2, -0.15) is 5.10 Å². The van der Waals surface area contributed by atoms with Crippen LogP contribution < -0.4 is 5.32 Å². The molecule has 0 saturated heterocycles. The monoisotopic (exact) mass is 350 g/mol. The minimum atomic E-state index is -0.775. The molecule has 2 rings (SSSR count). The first-order valence-electron chi connectivity index (χ1n) is 7.74. The summed E-state index contributed by atoms with van der Waals surface area (Å²) in [6.07, 6.45) is 1.39. The van der Waals surface area contributed by atoms with Crippen LogP contribution in [-0.4, -0.2) is 47.1 Å². The summed E-state index contributed by atoms with van der Waals surface area (Å²) in [4.78, 5) is 25.5. The molecular weight excluding hydrogens is 330 g/mol. The van der Waals surface area contributed by atoms with Gasteiger partial charge < -0.3 is 10.2 Å². The summed E-state index contributed by atoms with van der Waals surface area (Å²) in [7, 11) is 3.07. The number of benzene rings is 1. The van der Waals surface area contributed by atoms with Crippen LogP contribution in [0.25, 0.3) is 5.69 Å². The predicted molar refractivity (Wildman–Crippen MR) is 88.4 cm³/mol. The van der Waals surface area contributed by atoms with Crippen molar-refractivity contribution in [2.24, 2.45) is 5.92 Å². The third-order valence-corrected chi connectivity index (χ3v) is 3.85. The van der Waals surface area contributed by atoms with E-state index in [1.165, 1.54) is 24.2 Å². The highest BCUT2D eigenvalue weighted by Crippen LogP contribution is 2.19.